The highest BCUT2D eigenvalue weighted by molar-refractivity contribution is 6.08. The molecule has 6 heteroatoms. The van der Waals surface area contributed by atoms with E-state index in [1.54, 1.807) is 18.2 Å². The van der Waals surface area contributed by atoms with Crippen molar-refractivity contribution >= 4 is 11.6 Å². The first-order valence-electron chi connectivity index (χ1n) is 6.61. The summed E-state index contributed by atoms with van der Waals surface area (Å²) in [7, 11) is 0. The smallest absolute Gasteiger partial charge is 0.175 e. The van der Waals surface area contributed by atoms with Gasteiger partial charge in [-0.3, -0.25) is 4.79 Å². The SMILES string of the molecule is N/C=C1\C(N)=NC2=C(C(=O)CNC2)C1c1ccccc1F. The lowest BCUT2D eigenvalue weighted by atomic mass is 9.78. The van der Waals surface area contributed by atoms with Crippen LogP contribution in [0.2, 0.25) is 0 Å². The average molecular weight is 286 g/mol. The van der Waals surface area contributed by atoms with Crippen LogP contribution in [0.25, 0.3) is 0 Å². The summed E-state index contributed by atoms with van der Waals surface area (Å²) in [5.41, 5.74) is 13.5. The van der Waals surface area contributed by atoms with Crippen molar-refractivity contribution in [3.05, 3.63) is 58.7 Å². The summed E-state index contributed by atoms with van der Waals surface area (Å²) in [6.45, 7) is 0.641. The Kier molecular flexibility index (Phi) is 3.31. The maximum atomic E-state index is 14.2. The first-order valence-corrected chi connectivity index (χ1v) is 6.61. The number of hydrogen-bond donors (Lipinski definition) is 3. The van der Waals surface area contributed by atoms with Crippen LogP contribution in [-0.4, -0.2) is 24.7 Å². The van der Waals surface area contributed by atoms with Crippen LogP contribution in [0.3, 0.4) is 0 Å². The minimum Gasteiger partial charge on any atom is -0.404 e. The molecule has 1 aromatic rings. The number of aliphatic imine (C=N–C) groups is 1. The van der Waals surface area contributed by atoms with E-state index in [-0.39, 0.29) is 18.2 Å². The van der Waals surface area contributed by atoms with Crippen molar-refractivity contribution in [3.63, 3.8) is 0 Å². The first kappa shape index (κ1) is 13.5. The zero-order chi connectivity index (χ0) is 15.0. The van der Waals surface area contributed by atoms with E-state index < -0.39 is 11.7 Å². The Morgan fingerprint density at radius 2 is 2.10 bits per heavy atom. The Balaban J connectivity index is 2.24. The fourth-order valence-corrected chi connectivity index (χ4v) is 2.80. The fraction of sp³-hybridized carbons (Fsp3) is 0.200. The highest BCUT2D eigenvalue weighted by atomic mass is 19.1. The quantitative estimate of drug-likeness (QED) is 0.703. The maximum Gasteiger partial charge on any atom is 0.175 e. The largest absolute Gasteiger partial charge is 0.404 e. The molecular weight excluding hydrogens is 271 g/mol. The molecule has 0 radical (unpaired) electrons. The second kappa shape index (κ2) is 5.14. The number of amidine groups is 1. The topological polar surface area (TPSA) is 93.5 Å². The molecule has 0 bridgehead atoms. The molecule has 0 saturated heterocycles. The molecule has 0 saturated carbocycles. The number of hydrogen-bond acceptors (Lipinski definition) is 5. The van der Waals surface area contributed by atoms with E-state index in [1.807, 2.05) is 0 Å². The second-order valence-electron chi connectivity index (χ2n) is 4.96. The monoisotopic (exact) mass is 286 g/mol. The van der Waals surface area contributed by atoms with Crippen LogP contribution in [0, 0.1) is 5.82 Å². The molecule has 5 N–H and O–H groups in total. The first-order chi connectivity index (χ1) is 10.1. The summed E-state index contributed by atoms with van der Waals surface area (Å²) in [5.74, 6) is -0.880. The van der Waals surface area contributed by atoms with Crippen LogP contribution in [0.4, 0.5) is 4.39 Å². The van der Waals surface area contributed by atoms with Gasteiger partial charge < -0.3 is 16.8 Å². The summed E-state index contributed by atoms with van der Waals surface area (Å²) in [4.78, 5) is 16.5. The third-order valence-electron chi connectivity index (χ3n) is 3.74. The van der Waals surface area contributed by atoms with E-state index in [0.717, 1.165) is 0 Å². The van der Waals surface area contributed by atoms with Gasteiger partial charge in [0.15, 0.2) is 5.78 Å². The standard InChI is InChI=1S/C15H15FN4O/c16-10-4-2-1-3-8(10)13-9(5-17)15(18)20-11-6-19-7-12(21)14(11)13/h1-5,13,19H,6-7,17H2,(H2,18,20)/b9-5-. The van der Waals surface area contributed by atoms with Crippen molar-refractivity contribution in [3.8, 4) is 0 Å². The van der Waals surface area contributed by atoms with Crippen molar-refractivity contribution in [2.24, 2.45) is 16.5 Å². The predicted octanol–water partition coefficient (Wildman–Crippen LogP) is 0.549. The number of nitrogens with one attached hydrogen (secondary N) is 1. The van der Waals surface area contributed by atoms with Gasteiger partial charge in [-0.1, -0.05) is 18.2 Å². The second-order valence-corrected chi connectivity index (χ2v) is 4.96. The van der Waals surface area contributed by atoms with Crippen molar-refractivity contribution in [2.45, 2.75) is 5.92 Å². The molecule has 21 heavy (non-hydrogen) atoms. The normalized spacial score (nSPS) is 24.0. The molecule has 108 valence electrons. The van der Waals surface area contributed by atoms with Crippen molar-refractivity contribution in [2.75, 3.05) is 13.1 Å². The lowest BCUT2D eigenvalue weighted by molar-refractivity contribution is -0.115. The summed E-state index contributed by atoms with van der Waals surface area (Å²) >= 11 is 0. The number of Topliss-reactive ketones (excluding diaryl/α,β-unsaturated/α-hetero) is 1. The molecule has 0 aromatic heterocycles. The van der Waals surface area contributed by atoms with E-state index >= 15 is 0 Å². The van der Waals surface area contributed by atoms with Gasteiger partial charge in [0, 0.05) is 35.4 Å². The predicted molar refractivity (Wildman–Crippen MR) is 77.9 cm³/mol. The minimum atomic E-state index is -0.599. The number of nitrogens with zero attached hydrogens (tertiary/aromatic N) is 1. The maximum absolute atomic E-state index is 14.2. The Morgan fingerprint density at radius 1 is 1.33 bits per heavy atom. The van der Waals surface area contributed by atoms with E-state index in [2.05, 4.69) is 10.3 Å². The molecule has 3 rings (SSSR count). The van der Waals surface area contributed by atoms with Crippen LogP contribution in [0.15, 0.2) is 52.3 Å². The van der Waals surface area contributed by atoms with Crippen molar-refractivity contribution in [1.29, 1.82) is 0 Å². The van der Waals surface area contributed by atoms with Crippen LogP contribution in [-0.2, 0) is 4.79 Å². The summed E-state index contributed by atoms with van der Waals surface area (Å²) in [6.07, 6.45) is 1.30. The third kappa shape index (κ3) is 2.13. The van der Waals surface area contributed by atoms with Gasteiger partial charge in [-0.05, 0) is 6.07 Å². The average Bonchev–Trinajstić information content (AvgIpc) is 2.47. The minimum absolute atomic E-state index is 0.111. The van der Waals surface area contributed by atoms with Gasteiger partial charge in [0.25, 0.3) is 0 Å². The number of halogens is 1. The number of carbonyl (C=O) groups excluding carboxylic acids is 1. The highest BCUT2D eigenvalue weighted by Gasteiger charge is 2.36. The molecule has 0 aliphatic carbocycles. The summed E-state index contributed by atoms with van der Waals surface area (Å²) < 4.78 is 14.2. The molecule has 2 heterocycles. The number of rotatable bonds is 1. The number of ketones is 1. The Bertz CT molecular complexity index is 705. The fourth-order valence-electron chi connectivity index (χ4n) is 2.80. The van der Waals surface area contributed by atoms with Gasteiger partial charge in [0.2, 0.25) is 0 Å². The van der Waals surface area contributed by atoms with E-state index in [4.69, 9.17) is 11.5 Å². The van der Waals surface area contributed by atoms with Crippen LogP contribution in [0.1, 0.15) is 11.5 Å². The third-order valence-corrected chi connectivity index (χ3v) is 3.74. The molecule has 2 aliphatic rings. The van der Waals surface area contributed by atoms with E-state index in [9.17, 15) is 9.18 Å². The molecule has 2 aliphatic heterocycles. The van der Waals surface area contributed by atoms with Crippen LogP contribution >= 0.6 is 0 Å². The van der Waals surface area contributed by atoms with Gasteiger partial charge in [-0.2, -0.15) is 0 Å². The van der Waals surface area contributed by atoms with Gasteiger partial charge in [0.1, 0.15) is 11.7 Å². The van der Waals surface area contributed by atoms with Gasteiger partial charge in [-0.15, -0.1) is 0 Å². The molecular formula is C15H15FN4O. The lowest BCUT2D eigenvalue weighted by Crippen LogP contribution is -2.39. The van der Waals surface area contributed by atoms with Gasteiger partial charge in [-0.25, -0.2) is 9.38 Å². The highest BCUT2D eigenvalue weighted by Crippen LogP contribution is 2.39. The zero-order valence-corrected chi connectivity index (χ0v) is 11.3. The molecule has 1 aromatic carbocycles. The van der Waals surface area contributed by atoms with Crippen molar-refractivity contribution < 1.29 is 9.18 Å². The van der Waals surface area contributed by atoms with Gasteiger partial charge >= 0.3 is 0 Å². The summed E-state index contributed by atoms with van der Waals surface area (Å²) in [6, 6.07) is 6.32. The van der Waals surface area contributed by atoms with Crippen LogP contribution < -0.4 is 16.8 Å². The van der Waals surface area contributed by atoms with Gasteiger partial charge in [0.05, 0.1) is 12.2 Å². The Labute approximate surface area is 121 Å². The molecule has 0 spiro atoms. The van der Waals surface area contributed by atoms with Crippen molar-refractivity contribution in [1.82, 2.24) is 5.32 Å². The van der Waals surface area contributed by atoms with E-state index in [1.165, 1.54) is 12.3 Å². The molecule has 0 fully saturated rings. The lowest BCUT2D eigenvalue weighted by Gasteiger charge is -2.31. The van der Waals surface area contributed by atoms with Crippen LogP contribution in [0.5, 0.6) is 0 Å². The Morgan fingerprint density at radius 3 is 2.81 bits per heavy atom. The molecule has 5 nitrogen and oxygen atoms in total. The summed E-state index contributed by atoms with van der Waals surface area (Å²) in [5, 5.41) is 2.96. The molecule has 1 atom stereocenters. The zero-order valence-electron chi connectivity index (χ0n) is 11.3. The Hall–Kier alpha value is -2.47. The molecule has 1 unspecified atom stereocenters. The number of nitrogens with two attached hydrogens (primary N) is 2. The number of carbonyl (C=O) groups is 1. The number of benzene rings is 1. The molecule has 0 amide bonds. The van der Waals surface area contributed by atoms with E-state index in [0.29, 0.717) is 29.0 Å².